The number of rotatable bonds is 3. The van der Waals surface area contributed by atoms with Crippen LogP contribution in [0.25, 0.3) is 56.3 Å². The number of benzene rings is 3. The van der Waals surface area contributed by atoms with Gasteiger partial charge in [0.25, 0.3) is 0 Å². The topological polar surface area (TPSA) is 28.9 Å². The second kappa shape index (κ2) is 6.03. The molecule has 0 radical (unpaired) electrons. The van der Waals surface area contributed by atoms with Crippen molar-refractivity contribution in [3.05, 3.63) is 84.4 Å². The minimum Gasteiger partial charge on any atom is -0.454 e. The number of hydrogen-bond acceptors (Lipinski definition) is 1. The third-order valence-electron chi connectivity index (χ3n) is 5.12. The van der Waals surface area contributed by atoms with Crippen molar-refractivity contribution in [3.63, 3.8) is 0 Å². The first-order valence-electron chi connectivity index (χ1n) is 9.11. The number of allylic oxidation sites excluding steroid dienone is 1. The van der Waals surface area contributed by atoms with E-state index in [4.69, 9.17) is 4.42 Å². The maximum Gasteiger partial charge on any atom is 0.160 e. The van der Waals surface area contributed by atoms with Crippen LogP contribution >= 0.6 is 0 Å². The third kappa shape index (κ3) is 2.34. The molecule has 2 aromatic heterocycles. The molecular weight excluding hydrogens is 330 g/mol. The van der Waals surface area contributed by atoms with Gasteiger partial charge in [0.15, 0.2) is 5.58 Å². The molecule has 0 bridgehead atoms. The van der Waals surface area contributed by atoms with Crippen LogP contribution in [-0.2, 0) is 0 Å². The van der Waals surface area contributed by atoms with Crippen LogP contribution in [0, 0.1) is 0 Å². The van der Waals surface area contributed by atoms with Gasteiger partial charge in [0.1, 0.15) is 5.58 Å². The van der Waals surface area contributed by atoms with Crippen molar-refractivity contribution >= 4 is 45.1 Å². The summed E-state index contributed by atoms with van der Waals surface area (Å²) in [6.07, 6.45) is 6.06. The van der Waals surface area contributed by atoms with Crippen LogP contribution in [0.3, 0.4) is 0 Å². The summed E-state index contributed by atoms with van der Waals surface area (Å²) in [5.41, 5.74) is 8.58. The largest absolute Gasteiger partial charge is 0.454 e. The molecule has 2 heterocycles. The average molecular weight is 351 g/mol. The van der Waals surface area contributed by atoms with E-state index in [1.54, 1.807) is 0 Å². The van der Waals surface area contributed by atoms with Crippen molar-refractivity contribution in [1.82, 2.24) is 4.98 Å². The Morgan fingerprint density at radius 2 is 1.78 bits per heavy atom. The highest BCUT2D eigenvalue weighted by Gasteiger charge is 2.16. The first-order chi connectivity index (χ1) is 13.3. The zero-order valence-corrected chi connectivity index (χ0v) is 15.1. The van der Waals surface area contributed by atoms with Gasteiger partial charge in [0.05, 0.1) is 11.0 Å². The number of H-pyrrole nitrogens is 1. The molecule has 0 aliphatic rings. The number of aromatic amines is 1. The van der Waals surface area contributed by atoms with Crippen molar-refractivity contribution < 1.29 is 5.84 Å². The van der Waals surface area contributed by atoms with Crippen molar-refractivity contribution in [1.29, 1.82) is 0 Å². The maximum atomic E-state index is 6.22. The van der Waals surface area contributed by atoms with Crippen molar-refractivity contribution in [3.8, 4) is 11.1 Å². The molecule has 2 heteroatoms. The summed E-state index contributed by atoms with van der Waals surface area (Å²) in [5.74, 6) is 0. The Morgan fingerprint density at radius 3 is 2.56 bits per heavy atom. The Balaban J connectivity index is 0.00000192. The van der Waals surface area contributed by atoms with Gasteiger partial charge >= 0.3 is 0 Å². The summed E-state index contributed by atoms with van der Waals surface area (Å²) in [4.78, 5) is 3.62. The van der Waals surface area contributed by atoms with E-state index >= 15 is 0 Å². The van der Waals surface area contributed by atoms with Crippen LogP contribution in [0.1, 0.15) is 19.5 Å². The minimum absolute atomic E-state index is 0. The molecule has 132 valence electrons. The number of fused-ring (bicyclic) bond motifs is 5. The molecule has 0 fully saturated rings. The Hall–Kier alpha value is -3.52. The normalized spacial score (nSPS) is 11.9. The van der Waals surface area contributed by atoms with E-state index in [1.807, 2.05) is 19.1 Å². The fraction of sp³-hybridized carbons (Fsp3) is 0.0400. The second-order valence-corrected chi connectivity index (χ2v) is 6.70. The molecule has 5 aromatic rings. The lowest BCUT2D eigenvalue weighted by atomic mass is 10.0. The molecule has 0 aliphatic heterocycles. The van der Waals surface area contributed by atoms with Gasteiger partial charge in [-0.25, -0.2) is 0 Å². The fourth-order valence-electron chi connectivity index (χ4n) is 3.83. The second-order valence-electron chi connectivity index (χ2n) is 6.70. The molecule has 1 N–H and O–H groups in total. The molecular formula is C25H21NO. The van der Waals surface area contributed by atoms with Crippen LogP contribution < -0.4 is 0 Å². The van der Waals surface area contributed by atoms with E-state index in [0.29, 0.717) is 0 Å². The minimum atomic E-state index is 0. The summed E-state index contributed by atoms with van der Waals surface area (Å²) in [6.45, 7) is 5.97. The van der Waals surface area contributed by atoms with Gasteiger partial charge in [0.2, 0.25) is 0 Å². The predicted octanol–water partition coefficient (Wildman–Crippen LogP) is 7.66. The highest BCUT2D eigenvalue weighted by Crippen LogP contribution is 2.38. The predicted molar refractivity (Wildman–Crippen MR) is 118 cm³/mol. The van der Waals surface area contributed by atoms with Gasteiger partial charge in [-0.15, -0.1) is 0 Å². The maximum absolute atomic E-state index is 6.22. The highest BCUT2D eigenvalue weighted by molar-refractivity contribution is 6.17. The number of furan rings is 1. The Labute approximate surface area is 158 Å². The van der Waals surface area contributed by atoms with Crippen molar-refractivity contribution in [2.75, 3.05) is 0 Å². The van der Waals surface area contributed by atoms with E-state index < -0.39 is 0 Å². The van der Waals surface area contributed by atoms with Crippen molar-refractivity contribution in [2.24, 2.45) is 0 Å². The summed E-state index contributed by atoms with van der Waals surface area (Å²) >= 11 is 0. The summed E-state index contributed by atoms with van der Waals surface area (Å²) in [5, 5.41) is 2.20. The summed E-state index contributed by atoms with van der Waals surface area (Å²) in [7, 11) is 0. The van der Waals surface area contributed by atoms with Crippen LogP contribution in [0.2, 0.25) is 0 Å². The molecule has 0 amide bonds. The number of aromatic nitrogens is 1. The van der Waals surface area contributed by atoms with Crippen LogP contribution in [0.15, 0.2) is 77.7 Å². The fourth-order valence-corrected chi connectivity index (χ4v) is 3.83. The standard InChI is InChI=1S/C25H19NO.H2/c1-3-8-19-16(4-2)11-13-20-23(19)26-24-21-15-18(17-9-6-5-7-10-17)12-14-22(21)27-25(20)24;/h3-15,26H,2H2,1H3;1H/b8-3-;. The Morgan fingerprint density at radius 1 is 0.926 bits per heavy atom. The van der Waals surface area contributed by atoms with Crippen molar-refractivity contribution in [2.45, 2.75) is 6.92 Å². The SMILES string of the molecule is C=Cc1ccc2c([nH]c3c4cc(-c5ccccc5)ccc4oc23)c1/C=C\C.[HH]. The summed E-state index contributed by atoms with van der Waals surface area (Å²) in [6, 6.07) is 21.0. The lowest BCUT2D eigenvalue weighted by molar-refractivity contribution is 0.673. The molecule has 2 nitrogen and oxygen atoms in total. The molecule has 0 saturated carbocycles. The first-order valence-corrected chi connectivity index (χ1v) is 9.11. The number of hydrogen-bond donors (Lipinski definition) is 1. The van der Waals surface area contributed by atoms with Gasteiger partial charge in [-0.1, -0.05) is 67.3 Å². The van der Waals surface area contributed by atoms with Gasteiger partial charge < -0.3 is 9.40 Å². The summed E-state index contributed by atoms with van der Waals surface area (Å²) < 4.78 is 6.22. The van der Waals surface area contributed by atoms with Gasteiger partial charge in [0, 0.05) is 17.8 Å². The molecule has 0 spiro atoms. The molecule has 27 heavy (non-hydrogen) atoms. The lowest BCUT2D eigenvalue weighted by Crippen LogP contribution is -1.83. The van der Waals surface area contributed by atoms with Crippen LogP contribution in [0.5, 0.6) is 0 Å². The highest BCUT2D eigenvalue weighted by atomic mass is 16.3. The van der Waals surface area contributed by atoms with E-state index in [1.165, 1.54) is 11.1 Å². The Bertz CT molecular complexity index is 1340. The molecule has 0 aliphatic carbocycles. The van der Waals surface area contributed by atoms with E-state index in [-0.39, 0.29) is 1.43 Å². The third-order valence-corrected chi connectivity index (χ3v) is 5.12. The van der Waals surface area contributed by atoms with Crippen LogP contribution in [0.4, 0.5) is 0 Å². The smallest absolute Gasteiger partial charge is 0.160 e. The van der Waals surface area contributed by atoms with Crippen LogP contribution in [-0.4, -0.2) is 4.98 Å². The van der Waals surface area contributed by atoms with E-state index in [9.17, 15) is 0 Å². The Kier molecular flexibility index (Phi) is 3.51. The van der Waals surface area contributed by atoms with Gasteiger partial charge in [-0.2, -0.15) is 0 Å². The monoisotopic (exact) mass is 351 g/mol. The molecule has 0 unspecified atom stereocenters. The average Bonchev–Trinajstić information content (AvgIpc) is 3.25. The molecule has 0 atom stereocenters. The van der Waals surface area contributed by atoms with E-state index in [0.717, 1.165) is 44.1 Å². The molecule has 3 aromatic carbocycles. The lowest BCUT2D eigenvalue weighted by Gasteiger charge is -2.03. The quantitative estimate of drug-likeness (QED) is 0.355. The van der Waals surface area contributed by atoms with Gasteiger partial charge in [-0.3, -0.25) is 0 Å². The van der Waals surface area contributed by atoms with Gasteiger partial charge in [-0.05, 0) is 41.8 Å². The molecule has 5 rings (SSSR count). The number of nitrogens with one attached hydrogen (secondary N) is 1. The zero-order chi connectivity index (χ0) is 18.4. The molecule has 0 saturated heterocycles. The first kappa shape index (κ1) is 15.7. The van der Waals surface area contributed by atoms with E-state index in [2.05, 4.69) is 78.3 Å². The zero-order valence-electron chi connectivity index (χ0n) is 15.1.